The third-order valence-electron chi connectivity index (χ3n) is 3.31. The smallest absolute Gasteiger partial charge is 0.124 e. The van der Waals surface area contributed by atoms with Crippen LogP contribution in [0.5, 0.6) is 11.5 Å². The SMILES string of the molecule is OCCC(CN=Cc1ccccc1O)N=Cc1ccccc1O. The van der Waals surface area contributed by atoms with Gasteiger partial charge in [-0.15, -0.1) is 0 Å². The van der Waals surface area contributed by atoms with Gasteiger partial charge in [0.05, 0.1) is 12.6 Å². The lowest BCUT2D eigenvalue weighted by Crippen LogP contribution is -2.12. The van der Waals surface area contributed by atoms with Crippen molar-refractivity contribution >= 4 is 12.4 Å². The number of aliphatic hydroxyl groups excluding tert-OH is 1. The number of rotatable bonds is 7. The fourth-order valence-corrected chi connectivity index (χ4v) is 2.01. The zero-order chi connectivity index (χ0) is 16.5. The number of aromatic hydroxyl groups is 2. The molecular weight excluding hydrogens is 292 g/mol. The first-order valence-corrected chi connectivity index (χ1v) is 7.40. The minimum atomic E-state index is -0.193. The maximum Gasteiger partial charge on any atom is 0.124 e. The number of benzene rings is 2. The molecule has 120 valence electrons. The molecule has 0 heterocycles. The average Bonchev–Trinajstić information content (AvgIpc) is 2.55. The molecule has 0 saturated carbocycles. The topological polar surface area (TPSA) is 85.4 Å². The van der Waals surface area contributed by atoms with E-state index in [0.717, 1.165) is 0 Å². The van der Waals surface area contributed by atoms with Crippen molar-refractivity contribution in [1.29, 1.82) is 0 Å². The molecular formula is C18H20N2O3. The lowest BCUT2D eigenvalue weighted by molar-refractivity contribution is 0.277. The first-order chi connectivity index (χ1) is 11.2. The van der Waals surface area contributed by atoms with Gasteiger partial charge in [-0.3, -0.25) is 9.98 Å². The number of aliphatic imine (C=N–C) groups is 2. The van der Waals surface area contributed by atoms with Gasteiger partial charge in [0.2, 0.25) is 0 Å². The highest BCUT2D eigenvalue weighted by Gasteiger charge is 2.05. The monoisotopic (exact) mass is 312 g/mol. The molecule has 0 aromatic heterocycles. The molecule has 0 spiro atoms. The first kappa shape index (κ1) is 16.7. The molecule has 2 aromatic carbocycles. The van der Waals surface area contributed by atoms with Crippen molar-refractivity contribution in [3.05, 3.63) is 59.7 Å². The minimum Gasteiger partial charge on any atom is -0.507 e. The summed E-state index contributed by atoms with van der Waals surface area (Å²) >= 11 is 0. The molecule has 2 rings (SSSR count). The number of phenols is 2. The van der Waals surface area contributed by atoms with Crippen LogP contribution in [0.1, 0.15) is 17.5 Å². The first-order valence-electron chi connectivity index (χ1n) is 7.40. The molecule has 1 atom stereocenters. The van der Waals surface area contributed by atoms with Crippen LogP contribution in [0.2, 0.25) is 0 Å². The van der Waals surface area contributed by atoms with Crippen molar-refractivity contribution < 1.29 is 15.3 Å². The van der Waals surface area contributed by atoms with Crippen LogP contribution >= 0.6 is 0 Å². The van der Waals surface area contributed by atoms with Crippen molar-refractivity contribution in [1.82, 2.24) is 0 Å². The summed E-state index contributed by atoms with van der Waals surface area (Å²) in [5.41, 5.74) is 1.26. The number of hydrogen-bond donors (Lipinski definition) is 3. The zero-order valence-corrected chi connectivity index (χ0v) is 12.7. The molecule has 1 unspecified atom stereocenters. The Morgan fingerprint density at radius 3 is 2.00 bits per heavy atom. The van der Waals surface area contributed by atoms with Crippen molar-refractivity contribution in [2.45, 2.75) is 12.5 Å². The van der Waals surface area contributed by atoms with E-state index < -0.39 is 0 Å². The van der Waals surface area contributed by atoms with Gasteiger partial charge >= 0.3 is 0 Å². The van der Waals surface area contributed by atoms with Gasteiger partial charge in [0.15, 0.2) is 0 Å². The van der Waals surface area contributed by atoms with Crippen LogP contribution in [-0.4, -0.2) is 46.9 Å². The lowest BCUT2D eigenvalue weighted by Gasteiger charge is -2.08. The molecule has 0 radical (unpaired) electrons. The fraction of sp³-hybridized carbons (Fsp3) is 0.222. The summed E-state index contributed by atoms with van der Waals surface area (Å²) in [7, 11) is 0. The van der Waals surface area contributed by atoms with Gasteiger partial charge in [0.25, 0.3) is 0 Å². The Bertz CT molecular complexity index is 683. The van der Waals surface area contributed by atoms with Crippen molar-refractivity contribution in [2.75, 3.05) is 13.2 Å². The second-order valence-corrected chi connectivity index (χ2v) is 5.06. The summed E-state index contributed by atoms with van der Waals surface area (Å²) in [6.45, 7) is 0.397. The van der Waals surface area contributed by atoms with Gasteiger partial charge < -0.3 is 15.3 Å². The van der Waals surface area contributed by atoms with E-state index in [4.69, 9.17) is 5.11 Å². The van der Waals surface area contributed by atoms with Gasteiger partial charge in [-0.1, -0.05) is 24.3 Å². The molecule has 0 bridgehead atoms. The largest absolute Gasteiger partial charge is 0.507 e. The highest BCUT2D eigenvalue weighted by Crippen LogP contribution is 2.14. The Hall–Kier alpha value is -2.66. The highest BCUT2D eigenvalue weighted by molar-refractivity contribution is 5.84. The Kier molecular flexibility index (Phi) is 6.32. The average molecular weight is 312 g/mol. The Labute approximate surface area is 135 Å². The van der Waals surface area contributed by atoms with E-state index in [1.54, 1.807) is 48.8 Å². The molecule has 23 heavy (non-hydrogen) atoms. The van der Waals surface area contributed by atoms with E-state index in [2.05, 4.69) is 9.98 Å². The van der Waals surface area contributed by atoms with Gasteiger partial charge in [-0.25, -0.2) is 0 Å². The van der Waals surface area contributed by atoms with E-state index in [0.29, 0.717) is 24.1 Å². The second-order valence-electron chi connectivity index (χ2n) is 5.06. The molecule has 5 heteroatoms. The van der Waals surface area contributed by atoms with Gasteiger partial charge in [-0.05, 0) is 30.7 Å². The molecule has 5 nitrogen and oxygen atoms in total. The van der Waals surface area contributed by atoms with Crippen LogP contribution in [0.4, 0.5) is 0 Å². The van der Waals surface area contributed by atoms with Crippen LogP contribution in [0, 0.1) is 0 Å². The predicted octanol–water partition coefficient (Wildman–Crippen LogP) is 2.39. The zero-order valence-electron chi connectivity index (χ0n) is 12.7. The number of phenolic OH excluding ortho intramolecular Hbond substituents is 2. The molecule has 0 aliphatic heterocycles. The number of para-hydroxylation sites is 2. The Balaban J connectivity index is 2.01. The highest BCUT2D eigenvalue weighted by atomic mass is 16.3. The van der Waals surface area contributed by atoms with E-state index >= 15 is 0 Å². The van der Waals surface area contributed by atoms with Gasteiger partial charge in [0, 0.05) is 30.2 Å². The van der Waals surface area contributed by atoms with Crippen molar-refractivity contribution in [3.8, 4) is 11.5 Å². The third kappa shape index (κ3) is 5.23. The standard InChI is InChI=1S/C18H20N2O3/c21-10-9-16(20-12-15-6-2-4-8-18(15)23)13-19-11-14-5-1-3-7-17(14)22/h1-8,11-12,16,21-23H,9-10,13H2. The van der Waals surface area contributed by atoms with E-state index in [1.807, 2.05) is 12.1 Å². The minimum absolute atomic E-state index is 0.00881. The van der Waals surface area contributed by atoms with Crippen LogP contribution in [0.15, 0.2) is 58.5 Å². The molecule has 0 amide bonds. The van der Waals surface area contributed by atoms with Crippen molar-refractivity contribution in [3.63, 3.8) is 0 Å². The van der Waals surface area contributed by atoms with Crippen LogP contribution in [-0.2, 0) is 0 Å². The second kappa shape index (κ2) is 8.70. The summed E-state index contributed by atoms with van der Waals surface area (Å²) in [4.78, 5) is 8.66. The fourth-order valence-electron chi connectivity index (χ4n) is 2.01. The maximum atomic E-state index is 9.71. The van der Waals surface area contributed by atoms with Crippen LogP contribution in [0.3, 0.4) is 0 Å². The molecule has 3 N–H and O–H groups in total. The van der Waals surface area contributed by atoms with E-state index in [9.17, 15) is 10.2 Å². The number of nitrogens with zero attached hydrogens (tertiary/aromatic N) is 2. The third-order valence-corrected chi connectivity index (χ3v) is 3.31. The van der Waals surface area contributed by atoms with E-state index in [-0.39, 0.29) is 24.1 Å². The molecule has 0 fully saturated rings. The van der Waals surface area contributed by atoms with Crippen molar-refractivity contribution in [2.24, 2.45) is 9.98 Å². The van der Waals surface area contributed by atoms with Gasteiger partial charge in [0.1, 0.15) is 11.5 Å². The lowest BCUT2D eigenvalue weighted by atomic mass is 10.2. The summed E-state index contributed by atoms with van der Waals surface area (Å²) in [6.07, 6.45) is 3.66. The number of hydrogen-bond acceptors (Lipinski definition) is 5. The molecule has 0 aliphatic carbocycles. The summed E-state index contributed by atoms with van der Waals surface area (Å²) < 4.78 is 0. The quantitative estimate of drug-likeness (QED) is 0.686. The Morgan fingerprint density at radius 1 is 0.870 bits per heavy atom. The molecule has 0 saturated heterocycles. The molecule has 2 aromatic rings. The predicted molar refractivity (Wildman–Crippen MR) is 91.8 cm³/mol. The summed E-state index contributed by atoms with van der Waals surface area (Å²) in [6, 6.07) is 13.7. The maximum absolute atomic E-state index is 9.71. The Morgan fingerprint density at radius 2 is 1.43 bits per heavy atom. The van der Waals surface area contributed by atoms with Gasteiger partial charge in [-0.2, -0.15) is 0 Å². The normalized spacial score (nSPS) is 12.9. The van der Waals surface area contributed by atoms with E-state index in [1.165, 1.54) is 0 Å². The summed E-state index contributed by atoms with van der Waals surface area (Å²) in [5, 5.41) is 28.5. The molecule has 0 aliphatic rings. The summed E-state index contributed by atoms with van der Waals surface area (Å²) in [5.74, 6) is 0.337. The van der Waals surface area contributed by atoms with Crippen LogP contribution in [0.25, 0.3) is 0 Å². The number of aliphatic hydroxyl groups is 1. The van der Waals surface area contributed by atoms with Crippen LogP contribution < -0.4 is 0 Å².